The zero-order valence-corrected chi connectivity index (χ0v) is 15.4. The topological polar surface area (TPSA) is 9.23 Å². The molecule has 0 N–H and O–H groups in total. The Hall–Kier alpha value is -0.760. The van der Waals surface area contributed by atoms with Crippen molar-refractivity contribution < 1.29 is 4.74 Å². The first kappa shape index (κ1) is 17.6. The van der Waals surface area contributed by atoms with E-state index in [9.17, 15) is 0 Å². The van der Waals surface area contributed by atoms with Crippen LogP contribution in [0.4, 0.5) is 0 Å². The largest absolute Gasteiger partial charge is 0.490 e. The molecule has 0 spiro atoms. The Bertz CT molecular complexity index is 430. The predicted octanol–water partition coefficient (Wildman–Crippen LogP) is 6.77. The summed E-state index contributed by atoms with van der Waals surface area (Å²) in [6.07, 6.45) is 15.8. The molecule has 1 aromatic rings. The van der Waals surface area contributed by atoms with Crippen LogP contribution in [0.25, 0.3) is 0 Å². The van der Waals surface area contributed by atoms with E-state index in [4.69, 9.17) is 4.74 Å². The Morgan fingerprint density at radius 3 is 2.50 bits per heavy atom. The average molecular weight is 365 g/mol. The number of benzene rings is 1. The highest BCUT2D eigenvalue weighted by molar-refractivity contribution is 9.10. The van der Waals surface area contributed by atoms with E-state index in [0.717, 1.165) is 22.1 Å². The summed E-state index contributed by atoms with van der Waals surface area (Å²) in [5, 5.41) is 0. The van der Waals surface area contributed by atoms with Gasteiger partial charge < -0.3 is 4.74 Å². The molecule has 1 aromatic carbocycles. The van der Waals surface area contributed by atoms with E-state index in [1.165, 1.54) is 51.4 Å². The standard InChI is InChI=1S/C20H29BrO/c1-2-3-4-6-17-8-10-18(11-9-17)7-5-16-22-20-14-12-19(21)13-15-20/h5,7,12-15,17-18H,2-4,6,8-11,16H2,1H3/b7-5+/t17-,18-. The van der Waals surface area contributed by atoms with Crippen molar-refractivity contribution >= 4 is 15.9 Å². The summed E-state index contributed by atoms with van der Waals surface area (Å²) in [7, 11) is 0. The van der Waals surface area contributed by atoms with E-state index in [-0.39, 0.29) is 0 Å². The third-order valence-electron chi connectivity index (χ3n) is 4.68. The Morgan fingerprint density at radius 1 is 1.09 bits per heavy atom. The van der Waals surface area contributed by atoms with Gasteiger partial charge in [0.2, 0.25) is 0 Å². The zero-order chi connectivity index (χ0) is 15.6. The number of hydrogen-bond acceptors (Lipinski definition) is 1. The van der Waals surface area contributed by atoms with E-state index >= 15 is 0 Å². The van der Waals surface area contributed by atoms with Gasteiger partial charge in [-0.2, -0.15) is 0 Å². The molecule has 1 saturated carbocycles. The van der Waals surface area contributed by atoms with Crippen LogP contribution >= 0.6 is 15.9 Å². The van der Waals surface area contributed by atoms with Crippen LogP contribution in [0.2, 0.25) is 0 Å². The maximum Gasteiger partial charge on any atom is 0.119 e. The van der Waals surface area contributed by atoms with Crippen LogP contribution in [-0.2, 0) is 0 Å². The second kappa shape index (κ2) is 10.1. The van der Waals surface area contributed by atoms with E-state index in [1.807, 2.05) is 24.3 Å². The van der Waals surface area contributed by atoms with Crippen LogP contribution in [0.3, 0.4) is 0 Å². The van der Waals surface area contributed by atoms with Crippen LogP contribution < -0.4 is 4.74 Å². The van der Waals surface area contributed by atoms with Crippen molar-refractivity contribution in [1.82, 2.24) is 0 Å². The first-order chi connectivity index (χ1) is 10.8. The highest BCUT2D eigenvalue weighted by atomic mass is 79.9. The molecular formula is C20H29BrO. The second-order valence-electron chi connectivity index (χ2n) is 6.47. The lowest BCUT2D eigenvalue weighted by Crippen LogP contribution is -2.13. The fraction of sp³-hybridized carbons (Fsp3) is 0.600. The fourth-order valence-electron chi connectivity index (χ4n) is 3.28. The highest BCUT2D eigenvalue weighted by Gasteiger charge is 2.18. The van der Waals surface area contributed by atoms with Crippen molar-refractivity contribution in [1.29, 1.82) is 0 Å². The summed E-state index contributed by atoms with van der Waals surface area (Å²) in [4.78, 5) is 0. The van der Waals surface area contributed by atoms with Crippen LogP contribution in [-0.4, -0.2) is 6.61 Å². The quantitative estimate of drug-likeness (QED) is 0.365. The maximum atomic E-state index is 5.73. The van der Waals surface area contributed by atoms with Crippen molar-refractivity contribution in [2.24, 2.45) is 11.8 Å². The summed E-state index contributed by atoms with van der Waals surface area (Å²) in [5.74, 6) is 2.71. The zero-order valence-electron chi connectivity index (χ0n) is 13.8. The van der Waals surface area contributed by atoms with Crippen molar-refractivity contribution in [3.63, 3.8) is 0 Å². The molecule has 22 heavy (non-hydrogen) atoms. The van der Waals surface area contributed by atoms with Gasteiger partial charge in [0.05, 0.1) is 0 Å². The van der Waals surface area contributed by atoms with Gasteiger partial charge >= 0.3 is 0 Å². The van der Waals surface area contributed by atoms with Crippen molar-refractivity contribution in [3.05, 3.63) is 40.9 Å². The molecule has 2 heteroatoms. The molecule has 2 rings (SSSR count). The minimum Gasteiger partial charge on any atom is -0.490 e. The van der Waals surface area contributed by atoms with Gasteiger partial charge in [-0.3, -0.25) is 0 Å². The lowest BCUT2D eigenvalue weighted by Gasteiger charge is -2.26. The summed E-state index contributed by atoms with van der Waals surface area (Å²) in [6, 6.07) is 8.02. The Morgan fingerprint density at radius 2 is 1.82 bits per heavy atom. The third kappa shape index (κ3) is 6.56. The predicted molar refractivity (Wildman–Crippen MR) is 98.4 cm³/mol. The van der Waals surface area contributed by atoms with Crippen molar-refractivity contribution in [2.45, 2.75) is 58.3 Å². The molecule has 0 radical (unpaired) electrons. The third-order valence-corrected chi connectivity index (χ3v) is 5.20. The molecule has 1 fully saturated rings. The second-order valence-corrected chi connectivity index (χ2v) is 7.39. The molecule has 1 aliphatic rings. The molecule has 1 nitrogen and oxygen atoms in total. The smallest absolute Gasteiger partial charge is 0.119 e. The molecule has 0 atom stereocenters. The summed E-state index contributed by atoms with van der Waals surface area (Å²) in [5.41, 5.74) is 0. The SMILES string of the molecule is CCCCC[C@H]1CC[C@H](/C=C/COc2ccc(Br)cc2)CC1. The Balaban J connectivity index is 1.60. The van der Waals surface area contributed by atoms with Gasteiger partial charge in [0.15, 0.2) is 0 Å². The Labute approximate surface area is 144 Å². The maximum absolute atomic E-state index is 5.73. The van der Waals surface area contributed by atoms with E-state index in [1.54, 1.807) is 0 Å². The molecule has 0 saturated heterocycles. The summed E-state index contributed by atoms with van der Waals surface area (Å²) in [6.45, 7) is 2.97. The number of hydrogen-bond donors (Lipinski definition) is 0. The summed E-state index contributed by atoms with van der Waals surface area (Å²) < 4.78 is 6.82. The molecule has 0 aliphatic heterocycles. The van der Waals surface area contributed by atoms with E-state index < -0.39 is 0 Å². The van der Waals surface area contributed by atoms with Crippen LogP contribution in [0.15, 0.2) is 40.9 Å². The van der Waals surface area contributed by atoms with Gasteiger partial charge in [-0.25, -0.2) is 0 Å². The number of unbranched alkanes of at least 4 members (excludes halogenated alkanes) is 2. The number of rotatable bonds is 8. The van der Waals surface area contributed by atoms with Crippen molar-refractivity contribution in [3.8, 4) is 5.75 Å². The lowest BCUT2D eigenvalue weighted by atomic mass is 9.79. The fourth-order valence-corrected chi connectivity index (χ4v) is 3.54. The first-order valence-corrected chi connectivity index (χ1v) is 9.62. The summed E-state index contributed by atoms with van der Waals surface area (Å²) >= 11 is 3.43. The molecule has 1 aliphatic carbocycles. The van der Waals surface area contributed by atoms with Crippen LogP contribution in [0.1, 0.15) is 58.3 Å². The first-order valence-electron chi connectivity index (χ1n) is 8.83. The van der Waals surface area contributed by atoms with Gasteiger partial charge in [0, 0.05) is 4.47 Å². The van der Waals surface area contributed by atoms with Gasteiger partial charge in [-0.15, -0.1) is 0 Å². The van der Waals surface area contributed by atoms with Crippen LogP contribution in [0, 0.1) is 11.8 Å². The normalized spacial score (nSPS) is 22.1. The minimum atomic E-state index is 0.679. The van der Waals surface area contributed by atoms with Gasteiger partial charge in [0.1, 0.15) is 12.4 Å². The molecule has 0 aromatic heterocycles. The van der Waals surface area contributed by atoms with Gasteiger partial charge in [-0.05, 0) is 61.8 Å². The molecule has 0 amide bonds. The van der Waals surface area contributed by atoms with E-state index in [0.29, 0.717) is 6.61 Å². The number of halogens is 1. The van der Waals surface area contributed by atoms with Gasteiger partial charge in [0.25, 0.3) is 0 Å². The molecule has 122 valence electrons. The minimum absolute atomic E-state index is 0.679. The lowest BCUT2D eigenvalue weighted by molar-refractivity contribution is 0.288. The van der Waals surface area contributed by atoms with Crippen LogP contribution in [0.5, 0.6) is 5.75 Å². The monoisotopic (exact) mass is 364 g/mol. The molecular weight excluding hydrogens is 336 g/mol. The molecule has 0 bridgehead atoms. The Kier molecular flexibility index (Phi) is 8.07. The van der Waals surface area contributed by atoms with Gasteiger partial charge in [-0.1, -0.05) is 60.7 Å². The molecule has 0 heterocycles. The molecule has 0 unspecified atom stereocenters. The number of allylic oxidation sites excluding steroid dienone is 1. The van der Waals surface area contributed by atoms with E-state index in [2.05, 4.69) is 35.0 Å². The average Bonchev–Trinajstić information content (AvgIpc) is 2.55. The number of ether oxygens (including phenoxy) is 1. The van der Waals surface area contributed by atoms with Crippen molar-refractivity contribution in [2.75, 3.05) is 6.61 Å². The highest BCUT2D eigenvalue weighted by Crippen LogP contribution is 2.32.